The number of anilines is 1. The number of aromatic nitrogens is 1. The van der Waals surface area contributed by atoms with Crippen LogP contribution in [-0.2, 0) is 10.0 Å². The van der Waals surface area contributed by atoms with Gasteiger partial charge in [0.1, 0.15) is 10.7 Å². The molecule has 20 heavy (non-hydrogen) atoms. The first kappa shape index (κ1) is 15.0. The molecule has 0 unspecified atom stereocenters. The maximum Gasteiger partial charge on any atom is 0.241 e. The second-order valence-electron chi connectivity index (χ2n) is 4.90. The van der Waals surface area contributed by atoms with Crippen molar-refractivity contribution in [2.45, 2.75) is 23.8 Å². The molecule has 0 aromatic carbocycles. The summed E-state index contributed by atoms with van der Waals surface area (Å²) in [6.07, 6.45) is 5.33. The fourth-order valence-electron chi connectivity index (χ4n) is 2.36. The second kappa shape index (κ2) is 6.34. The lowest BCUT2D eigenvalue weighted by Crippen LogP contribution is -2.39. The van der Waals surface area contributed by atoms with Crippen LogP contribution in [0.15, 0.2) is 35.9 Å². The Morgan fingerprint density at radius 2 is 2.20 bits per heavy atom. The highest BCUT2D eigenvalue weighted by atomic mass is 32.2. The molecule has 0 aliphatic carbocycles. The molecule has 0 radical (unpaired) electrons. The molecule has 0 bridgehead atoms. The quantitative estimate of drug-likeness (QED) is 0.784. The number of primary sulfonamides is 1. The zero-order valence-corrected chi connectivity index (χ0v) is 12.1. The predicted molar refractivity (Wildman–Crippen MR) is 78.9 cm³/mol. The number of hydrogen-bond acceptors (Lipinski definition) is 5. The normalized spacial score (nSPS) is 17.9. The van der Waals surface area contributed by atoms with Crippen LogP contribution < -0.4 is 10.5 Å². The smallest absolute Gasteiger partial charge is 0.241 e. The molecule has 110 valence electrons. The Morgan fingerprint density at radius 1 is 1.50 bits per heavy atom. The van der Waals surface area contributed by atoms with Gasteiger partial charge in [-0.3, -0.25) is 4.90 Å². The lowest BCUT2D eigenvalue weighted by atomic mass is 10.1. The molecule has 0 spiro atoms. The van der Waals surface area contributed by atoms with Crippen LogP contribution in [0.25, 0.3) is 0 Å². The number of pyridine rings is 1. The van der Waals surface area contributed by atoms with E-state index in [0.717, 1.165) is 32.5 Å². The number of sulfonamides is 1. The molecule has 1 fully saturated rings. The fraction of sp³-hybridized carbons (Fsp3) is 0.462. The van der Waals surface area contributed by atoms with Gasteiger partial charge in [-0.15, -0.1) is 6.58 Å². The number of nitrogens with two attached hydrogens (primary N) is 1. The number of piperidine rings is 1. The third kappa shape index (κ3) is 3.78. The molecule has 0 amide bonds. The highest BCUT2D eigenvalue weighted by molar-refractivity contribution is 7.89. The summed E-state index contributed by atoms with van der Waals surface area (Å²) >= 11 is 0. The molecule has 6 nitrogen and oxygen atoms in total. The van der Waals surface area contributed by atoms with Gasteiger partial charge in [0.05, 0.1) is 0 Å². The van der Waals surface area contributed by atoms with Crippen molar-refractivity contribution in [1.29, 1.82) is 0 Å². The van der Waals surface area contributed by atoms with Gasteiger partial charge in [0.15, 0.2) is 0 Å². The van der Waals surface area contributed by atoms with E-state index >= 15 is 0 Å². The Morgan fingerprint density at radius 3 is 2.80 bits per heavy atom. The molecule has 1 aromatic rings. The van der Waals surface area contributed by atoms with E-state index in [-0.39, 0.29) is 10.9 Å². The van der Waals surface area contributed by atoms with Crippen molar-refractivity contribution in [1.82, 2.24) is 9.88 Å². The third-order valence-corrected chi connectivity index (χ3v) is 4.34. The molecule has 3 N–H and O–H groups in total. The molecule has 7 heteroatoms. The SMILES string of the molecule is C=CCN1CCC(Nc2ncccc2S(N)(=O)=O)CC1. The standard InChI is InChI=1S/C13H20N4O2S/c1-2-8-17-9-5-11(6-10-17)16-13-12(20(14,18)19)4-3-7-15-13/h2-4,7,11H,1,5-6,8-10H2,(H,15,16)(H2,14,18,19). The van der Waals surface area contributed by atoms with E-state index in [4.69, 9.17) is 5.14 Å². The average molecular weight is 296 g/mol. The first-order chi connectivity index (χ1) is 9.50. The Balaban J connectivity index is 2.03. The van der Waals surface area contributed by atoms with Gasteiger partial charge in [-0.1, -0.05) is 6.08 Å². The third-order valence-electron chi connectivity index (χ3n) is 3.39. The Labute approximate surface area is 119 Å². The van der Waals surface area contributed by atoms with Crippen LogP contribution >= 0.6 is 0 Å². The number of nitrogens with zero attached hydrogens (tertiary/aromatic N) is 2. The van der Waals surface area contributed by atoms with Crippen LogP contribution in [0.5, 0.6) is 0 Å². The van der Waals surface area contributed by atoms with Crippen molar-refractivity contribution in [3.63, 3.8) is 0 Å². The minimum absolute atomic E-state index is 0.0496. The van der Waals surface area contributed by atoms with Gasteiger partial charge >= 0.3 is 0 Å². The Kier molecular flexibility index (Phi) is 4.74. The van der Waals surface area contributed by atoms with E-state index in [1.165, 1.54) is 6.07 Å². The molecule has 1 saturated heterocycles. The van der Waals surface area contributed by atoms with Crippen LogP contribution in [0.3, 0.4) is 0 Å². The first-order valence-corrected chi connectivity index (χ1v) is 8.13. The van der Waals surface area contributed by atoms with E-state index in [1.807, 2.05) is 6.08 Å². The molecular formula is C13H20N4O2S. The summed E-state index contributed by atoms with van der Waals surface area (Å²) < 4.78 is 23.0. The first-order valence-electron chi connectivity index (χ1n) is 6.58. The zero-order valence-electron chi connectivity index (χ0n) is 11.3. The number of hydrogen-bond donors (Lipinski definition) is 2. The lowest BCUT2D eigenvalue weighted by Gasteiger charge is -2.32. The molecule has 2 rings (SSSR count). The van der Waals surface area contributed by atoms with E-state index in [1.54, 1.807) is 12.3 Å². The highest BCUT2D eigenvalue weighted by Gasteiger charge is 2.21. The number of rotatable bonds is 5. The summed E-state index contributed by atoms with van der Waals surface area (Å²) in [6.45, 7) is 6.54. The van der Waals surface area contributed by atoms with E-state index in [2.05, 4.69) is 21.8 Å². The maximum atomic E-state index is 11.5. The predicted octanol–water partition coefficient (Wildman–Crippen LogP) is 0.791. The molecule has 1 aliphatic rings. The molecule has 1 aliphatic heterocycles. The van der Waals surface area contributed by atoms with Crippen molar-refractivity contribution in [2.24, 2.45) is 5.14 Å². The average Bonchev–Trinajstić information content (AvgIpc) is 2.41. The number of likely N-dealkylation sites (tertiary alicyclic amines) is 1. The van der Waals surface area contributed by atoms with Gasteiger partial charge in [0, 0.05) is 31.9 Å². The molecule has 2 heterocycles. The van der Waals surface area contributed by atoms with Crippen molar-refractivity contribution >= 4 is 15.8 Å². The minimum Gasteiger partial charge on any atom is -0.366 e. The van der Waals surface area contributed by atoms with Gasteiger partial charge in [0.2, 0.25) is 10.0 Å². The fourth-order valence-corrected chi connectivity index (χ4v) is 3.01. The van der Waals surface area contributed by atoms with Crippen molar-refractivity contribution in [3.8, 4) is 0 Å². The van der Waals surface area contributed by atoms with Gasteiger partial charge < -0.3 is 5.32 Å². The zero-order chi connectivity index (χ0) is 14.6. The summed E-state index contributed by atoms with van der Waals surface area (Å²) in [5.74, 6) is 0.345. The topological polar surface area (TPSA) is 88.3 Å². The van der Waals surface area contributed by atoms with Crippen LogP contribution in [0.4, 0.5) is 5.82 Å². The Hall–Kier alpha value is -1.44. The van der Waals surface area contributed by atoms with Crippen molar-refractivity contribution in [2.75, 3.05) is 25.0 Å². The summed E-state index contributed by atoms with van der Waals surface area (Å²) in [4.78, 5) is 6.45. The maximum absolute atomic E-state index is 11.5. The van der Waals surface area contributed by atoms with Crippen molar-refractivity contribution < 1.29 is 8.42 Å². The van der Waals surface area contributed by atoms with Gasteiger partial charge in [0.25, 0.3) is 0 Å². The van der Waals surface area contributed by atoms with E-state index in [9.17, 15) is 8.42 Å². The summed E-state index contributed by atoms with van der Waals surface area (Å²) in [7, 11) is -3.75. The highest BCUT2D eigenvalue weighted by Crippen LogP contribution is 2.20. The summed E-state index contributed by atoms with van der Waals surface area (Å²) in [5, 5.41) is 8.39. The largest absolute Gasteiger partial charge is 0.366 e. The number of nitrogens with one attached hydrogen (secondary N) is 1. The lowest BCUT2D eigenvalue weighted by molar-refractivity contribution is 0.240. The van der Waals surface area contributed by atoms with Crippen LogP contribution in [0.2, 0.25) is 0 Å². The van der Waals surface area contributed by atoms with Gasteiger partial charge in [-0.25, -0.2) is 18.5 Å². The molecular weight excluding hydrogens is 276 g/mol. The van der Waals surface area contributed by atoms with Gasteiger partial charge in [-0.2, -0.15) is 0 Å². The van der Waals surface area contributed by atoms with Crippen LogP contribution in [0, 0.1) is 0 Å². The molecule has 0 atom stereocenters. The monoisotopic (exact) mass is 296 g/mol. The van der Waals surface area contributed by atoms with E-state index < -0.39 is 10.0 Å². The second-order valence-corrected chi connectivity index (χ2v) is 6.43. The Bertz CT molecular complexity index is 565. The summed E-state index contributed by atoms with van der Waals surface area (Å²) in [5.41, 5.74) is 0. The minimum atomic E-state index is -3.75. The van der Waals surface area contributed by atoms with E-state index in [0.29, 0.717) is 5.82 Å². The summed E-state index contributed by atoms with van der Waals surface area (Å²) in [6, 6.07) is 3.25. The van der Waals surface area contributed by atoms with Crippen LogP contribution in [0.1, 0.15) is 12.8 Å². The van der Waals surface area contributed by atoms with Gasteiger partial charge in [-0.05, 0) is 25.0 Å². The molecule has 0 saturated carbocycles. The molecule has 1 aromatic heterocycles. The van der Waals surface area contributed by atoms with Crippen LogP contribution in [-0.4, -0.2) is 44.0 Å². The van der Waals surface area contributed by atoms with Crippen molar-refractivity contribution in [3.05, 3.63) is 31.0 Å².